The summed E-state index contributed by atoms with van der Waals surface area (Å²) >= 11 is 0. The van der Waals surface area contributed by atoms with Gasteiger partial charge in [0.1, 0.15) is 12.4 Å². The van der Waals surface area contributed by atoms with E-state index in [9.17, 15) is 15.2 Å². The van der Waals surface area contributed by atoms with Crippen LogP contribution in [0.15, 0.2) is 0 Å². The van der Waals surface area contributed by atoms with Gasteiger partial charge in [-0.25, -0.2) is 0 Å². The Balaban J connectivity index is 4.30. The standard InChI is InChI=1S/C7H10O5/c1-2-7(10,5-12-11)6(9)3-4-8/h1,4,6,9-11H,3,5H2/p-1/t6-,7+/m0/s1. The highest BCUT2D eigenvalue weighted by atomic mass is 17.1. The molecule has 0 fully saturated rings. The van der Waals surface area contributed by atoms with E-state index >= 15 is 0 Å². The van der Waals surface area contributed by atoms with Crippen LogP contribution in [0, 0.1) is 12.3 Å². The molecule has 0 aliphatic heterocycles. The fourth-order valence-corrected chi connectivity index (χ4v) is 0.610. The van der Waals surface area contributed by atoms with Gasteiger partial charge in [-0.1, -0.05) is 5.92 Å². The molecule has 2 N–H and O–H groups in total. The summed E-state index contributed by atoms with van der Waals surface area (Å²) in [6, 6.07) is 0. The Hall–Kier alpha value is -0.930. The van der Waals surface area contributed by atoms with Crippen molar-refractivity contribution in [3.8, 4) is 12.3 Å². The summed E-state index contributed by atoms with van der Waals surface area (Å²) in [5.74, 6) is 1.79. The smallest absolute Gasteiger partial charge is 0.173 e. The molecule has 0 saturated heterocycles. The summed E-state index contributed by atoms with van der Waals surface area (Å²) in [7, 11) is 0. The summed E-state index contributed by atoms with van der Waals surface area (Å²) in [6.45, 7) is -0.751. The second-order valence-electron chi connectivity index (χ2n) is 2.25. The molecule has 0 spiro atoms. The van der Waals surface area contributed by atoms with Gasteiger partial charge in [0, 0.05) is 6.42 Å². The summed E-state index contributed by atoms with van der Waals surface area (Å²) in [4.78, 5) is 13.3. The van der Waals surface area contributed by atoms with Crippen LogP contribution in [0.1, 0.15) is 6.42 Å². The van der Waals surface area contributed by atoms with Crippen LogP contribution in [0.3, 0.4) is 0 Å². The van der Waals surface area contributed by atoms with Crippen molar-refractivity contribution in [2.75, 3.05) is 6.61 Å². The van der Waals surface area contributed by atoms with E-state index in [1.807, 2.05) is 0 Å². The molecule has 12 heavy (non-hydrogen) atoms. The summed E-state index contributed by atoms with van der Waals surface area (Å²) in [6.07, 6.45) is 3.40. The molecule has 68 valence electrons. The van der Waals surface area contributed by atoms with Crippen LogP contribution in [0.25, 0.3) is 0 Å². The number of aliphatic hydroxyl groups excluding tert-OH is 1. The van der Waals surface area contributed by atoms with Crippen molar-refractivity contribution in [2.45, 2.75) is 18.1 Å². The number of rotatable bonds is 5. The molecular weight excluding hydrogens is 164 g/mol. The second kappa shape index (κ2) is 4.85. The van der Waals surface area contributed by atoms with Crippen LogP contribution in [0.2, 0.25) is 0 Å². The zero-order chi connectivity index (χ0) is 9.61. The molecule has 0 radical (unpaired) electrons. The third-order valence-corrected chi connectivity index (χ3v) is 1.40. The number of carbonyl (C=O) groups excluding carboxylic acids is 1. The Bertz CT molecular complexity index is 185. The Morgan fingerprint density at radius 3 is 2.75 bits per heavy atom. The highest BCUT2D eigenvalue weighted by Gasteiger charge is 2.32. The van der Waals surface area contributed by atoms with E-state index in [0.717, 1.165) is 0 Å². The van der Waals surface area contributed by atoms with Gasteiger partial charge in [-0.3, -0.25) is 0 Å². The maximum absolute atomic E-state index is 9.92. The maximum Gasteiger partial charge on any atom is 0.173 e. The minimum absolute atomic E-state index is 0.343. The first-order valence-electron chi connectivity index (χ1n) is 3.17. The molecule has 0 rings (SSSR count). The molecule has 0 saturated carbocycles. The van der Waals surface area contributed by atoms with Gasteiger partial charge < -0.3 is 25.2 Å². The molecule has 2 atom stereocenters. The largest absolute Gasteiger partial charge is 0.723 e. The molecule has 0 aliphatic rings. The van der Waals surface area contributed by atoms with E-state index < -0.39 is 18.3 Å². The molecule has 5 heteroatoms. The number of aldehydes is 1. The molecule has 0 bridgehead atoms. The van der Waals surface area contributed by atoms with E-state index in [4.69, 9.17) is 11.5 Å². The van der Waals surface area contributed by atoms with E-state index in [1.165, 1.54) is 0 Å². The third kappa shape index (κ3) is 2.60. The average molecular weight is 173 g/mol. The summed E-state index contributed by atoms with van der Waals surface area (Å²) < 4.78 is 0. The lowest BCUT2D eigenvalue weighted by Gasteiger charge is -2.27. The molecule has 0 aromatic carbocycles. The second-order valence-corrected chi connectivity index (χ2v) is 2.25. The van der Waals surface area contributed by atoms with Gasteiger partial charge in [-0.05, 0) is 0 Å². The summed E-state index contributed by atoms with van der Waals surface area (Å²) in [5.41, 5.74) is -2.08. The van der Waals surface area contributed by atoms with E-state index in [-0.39, 0.29) is 6.42 Å². The van der Waals surface area contributed by atoms with Crippen LogP contribution in [-0.2, 0) is 9.68 Å². The van der Waals surface area contributed by atoms with Gasteiger partial charge in [0.05, 0.1) is 6.61 Å². The molecule has 0 aliphatic carbocycles. The molecule has 0 heterocycles. The van der Waals surface area contributed by atoms with Gasteiger partial charge in [0.15, 0.2) is 5.60 Å². The van der Waals surface area contributed by atoms with Crippen LogP contribution in [0.4, 0.5) is 0 Å². The van der Waals surface area contributed by atoms with Crippen molar-refractivity contribution in [3.63, 3.8) is 0 Å². The lowest BCUT2D eigenvalue weighted by molar-refractivity contribution is -0.693. The van der Waals surface area contributed by atoms with E-state index in [1.54, 1.807) is 5.92 Å². The van der Waals surface area contributed by atoms with Gasteiger partial charge in [0.25, 0.3) is 0 Å². The van der Waals surface area contributed by atoms with Crippen LogP contribution in [-0.4, -0.2) is 34.8 Å². The van der Waals surface area contributed by atoms with Crippen molar-refractivity contribution in [1.29, 1.82) is 0 Å². The van der Waals surface area contributed by atoms with Crippen molar-refractivity contribution < 1.29 is 25.2 Å². The fourth-order valence-electron chi connectivity index (χ4n) is 0.610. The van der Waals surface area contributed by atoms with Gasteiger partial charge in [-0.2, -0.15) is 0 Å². The highest BCUT2D eigenvalue weighted by molar-refractivity contribution is 5.51. The van der Waals surface area contributed by atoms with Crippen molar-refractivity contribution in [2.24, 2.45) is 0 Å². The Kier molecular flexibility index (Phi) is 4.47. The van der Waals surface area contributed by atoms with Crippen molar-refractivity contribution >= 4 is 6.29 Å². The van der Waals surface area contributed by atoms with Crippen LogP contribution >= 0.6 is 0 Å². The van der Waals surface area contributed by atoms with Crippen molar-refractivity contribution in [3.05, 3.63) is 0 Å². The Morgan fingerprint density at radius 2 is 2.42 bits per heavy atom. The number of terminal acetylenes is 1. The predicted octanol–water partition coefficient (Wildman–Crippen LogP) is -2.41. The number of hydrogen-bond donors (Lipinski definition) is 2. The average Bonchev–Trinajstić information content (AvgIpc) is 2.05. The van der Waals surface area contributed by atoms with Gasteiger partial charge in [0.2, 0.25) is 0 Å². The first-order chi connectivity index (χ1) is 5.60. The minimum atomic E-state index is -2.08. The molecular formula is C7H9O5-. The number of hydrogen-bond acceptors (Lipinski definition) is 5. The normalized spacial score (nSPS) is 17.5. The molecule has 0 aromatic heterocycles. The lowest BCUT2D eigenvalue weighted by atomic mass is 9.97. The van der Waals surface area contributed by atoms with E-state index in [2.05, 4.69) is 4.89 Å². The number of aliphatic hydroxyl groups is 2. The monoisotopic (exact) mass is 173 g/mol. The maximum atomic E-state index is 9.92. The van der Waals surface area contributed by atoms with Crippen LogP contribution in [0.5, 0.6) is 0 Å². The predicted molar refractivity (Wildman–Crippen MR) is 36.4 cm³/mol. The van der Waals surface area contributed by atoms with Gasteiger partial charge in [-0.15, -0.1) is 6.42 Å². The van der Waals surface area contributed by atoms with E-state index in [0.29, 0.717) is 6.29 Å². The Labute approximate surface area is 69.5 Å². The third-order valence-electron chi connectivity index (χ3n) is 1.40. The fraction of sp³-hybridized carbons (Fsp3) is 0.571. The molecule has 0 unspecified atom stereocenters. The zero-order valence-electron chi connectivity index (χ0n) is 6.27. The quantitative estimate of drug-likeness (QED) is 0.209. The van der Waals surface area contributed by atoms with Crippen molar-refractivity contribution in [1.82, 2.24) is 0 Å². The molecule has 5 nitrogen and oxygen atoms in total. The summed E-state index contributed by atoms with van der Waals surface area (Å²) in [5, 5.41) is 28.0. The lowest BCUT2D eigenvalue weighted by Crippen LogP contribution is -2.46. The first kappa shape index (κ1) is 11.1. The molecule has 0 aromatic rings. The van der Waals surface area contributed by atoms with Crippen LogP contribution < -0.4 is 5.26 Å². The van der Waals surface area contributed by atoms with Gasteiger partial charge >= 0.3 is 0 Å². The highest BCUT2D eigenvalue weighted by Crippen LogP contribution is 2.11. The number of carbonyl (C=O) groups is 1. The molecule has 0 amide bonds. The Morgan fingerprint density at radius 1 is 1.83 bits per heavy atom. The first-order valence-corrected chi connectivity index (χ1v) is 3.17. The zero-order valence-corrected chi connectivity index (χ0v) is 6.27. The topological polar surface area (TPSA) is 89.8 Å². The minimum Gasteiger partial charge on any atom is -0.723 e. The SMILES string of the molecule is C#C[C@@](O)(CO[O-])[C@@H](O)CC=O.